The molecule has 1 aromatic carbocycles. The van der Waals surface area contributed by atoms with E-state index in [2.05, 4.69) is 59.3 Å². The van der Waals surface area contributed by atoms with Crippen molar-refractivity contribution in [1.29, 1.82) is 0 Å². The van der Waals surface area contributed by atoms with Crippen molar-refractivity contribution < 1.29 is 4.74 Å². The molecule has 0 fully saturated rings. The monoisotopic (exact) mass is 512 g/mol. The number of thiophene rings is 1. The summed E-state index contributed by atoms with van der Waals surface area (Å²) in [6, 6.07) is 10.1. The first-order chi connectivity index (χ1) is 12.6. The van der Waals surface area contributed by atoms with Gasteiger partial charge in [-0.2, -0.15) is 4.98 Å². The molecule has 0 spiro atoms. The van der Waals surface area contributed by atoms with Gasteiger partial charge in [0.1, 0.15) is 0 Å². The fourth-order valence-electron chi connectivity index (χ4n) is 2.52. The maximum atomic E-state index is 6.24. The molecule has 134 valence electrons. The highest BCUT2D eigenvalue weighted by atomic mass is 79.9. The van der Waals surface area contributed by atoms with E-state index < -0.39 is 0 Å². The van der Waals surface area contributed by atoms with Crippen LogP contribution in [0, 0.1) is 0 Å². The highest BCUT2D eigenvalue weighted by Gasteiger charge is 2.27. The van der Waals surface area contributed by atoms with Crippen molar-refractivity contribution in [3.8, 4) is 17.1 Å². The van der Waals surface area contributed by atoms with Crippen LogP contribution in [-0.4, -0.2) is 20.9 Å². The number of halogens is 2. The Labute approximate surface area is 176 Å². The second-order valence-corrected chi connectivity index (χ2v) is 10.0. The molecule has 0 amide bonds. The second-order valence-electron chi connectivity index (χ2n) is 5.57. The normalized spacial score (nSPS) is 15.4. The van der Waals surface area contributed by atoms with Crippen molar-refractivity contribution in [3.05, 3.63) is 43.5 Å². The van der Waals surface area contributed by atoms with Crippen LogP contribution in [0.4, 0.5) is 5.69 Å². The Morgan fingerprint density at radius 1 is 1.23 bits per heavy atom. The van der Waals surface area contributed by atoms with Crippen molar-refractivity contribution in [2.75, 3.05) is 11.1 Å². The maximum Gasteiger partial charge on any atom is 0.247 e. The Balaban J connectivity index is 1.81. The largest absolute Gasteiger partial charge is 0.447 e. The maximum absolute atomic E-state index is 6.24. The smallest absolute Gasteiger partial charge is 0.247 e. The number of nitrogens with zero attached hydrogens (tertiary/aromatic N) is 3. The van der Waals surface area contributed by atoms with Gasteiger partial charge in [0.15, 0.2) is 5.69 Å². The third-order valence-electron chi connectivity index (χ3n) is 3.68. The minimum atomic E-state index is -0.340. The number of fused-ring (bicyclic) bond motifs is 3. The van der Waals surface area contributed by atoms with Crippen LogP contribution >= 0.6 is 55.0 Å². The number of hydrogen-bond donors (Lipinski definition) is 1. The van der Waals surface area contributed by atoms with Gasteiger partial charge in [0, 0.05) is 21.5 Å². The summed E-state index contributed by atoms with van der Waals surface area (Å²) in [7, 11) is 0. The van der Waals surface area contributed by atoms with Crippen LogP contribution in [0.2, 0.25) is 0 Å². The Bertz CT molecular complexity index is 950. The molecule has 3 aromatic rings. The Morgan fingerprint density at radius 3 is 2.88 bits per heavy atom. The van der Waals surface area contributed by atoms with Gasteiger partial charge < -0.3 is 10.1 Å². The van der Waals surface area contributed by atoms with Gasteiger partial charge in [-0.15, -0.1) is 21.5 Å². The molecule has 1 aliphatic rings. The molecule has 26 heavy (non-hydrogen) atoms. The van der Waals surface area contributed by atoms with Gasteiger partial charge in [0.05, 0.1) is 8.66 Å². The average Bonchev–Trinajstić information content (AvgIpc) is 3.00. The van der Waals surface area contributed by atoms with E-state index >= 15 is 0 Å². The molecule has 0 saturated heterocycles. The number of nitrogens with one attached hydrogen (secondary N) is 1. The lowest BCUT2D eigenvalue weighted by Crippen LogP contribution is -2.15. The molecule has 3 heterocycles. The van der Waals surface area contributed by atoms with Gasteiger partial charge in [-0.3, -0.25) is 0 Å². The van der Waals surface area contributed by atoms with Crippen LogP contribution in [-0.2, 0) is 0 Å². The third kappa shape index (κ3) is 3.76. The number of aromatic nitrogens is 3. The summed E-state index contributed by atoms with van der Waals surface area (Å²) < 4.78 is 8.25. The first-order valence-electron chi connectivity index (χ1n) is 8.00. The minimum Gasteiger partial charge on any atom is -0.447 e. The SMILES string of the molecule is CCCSc1nnc2c(n1)OC(c1ccc(Br)s1)Nc1ccc(Br)cc1-2. The van der Waals surface area contributed by atoms with Crippen molar-refractivity contribution in [2.45, 2.75) is 24.7 Å². The predicted molar refractivity (Wildman–Crippen MR) is 113 cm³/mol. The first kappa shape index (κ1) is 18.2. The first-order valence-corrected chi connectivity index (χ1v) is 11.4. The van der Waals surface area contributed by atoms with Crippen molar-refractivity contribution >= 4 is 60.6 Å². The van der Waals surface area contributed by atoms with Gasteiger partial charge >= 0.3 is 0 Å². The van der Waals surface area contributed by atoms with E-state index in [4.69, 9.17) is 4.74 Å². The molecule has 9 heteroatoms. The molecule has 2 aromatic heterocycles. The van der Waals surface area contributed by atoms with E-state index in [9.17, 15) is 0 Å². The van der Waals surface area contributed by atoms with E-state index in [0.717, 1.165) is 36.6 Å². The molecule has 1 aliphatic heterocycles. The molecule has 1 atom stereocenters. The van der Waals surface area contributed by atoms with Crippen LogP contribution in [0.5, 0.6) is 5.88 Å². The van der Waals surface area contributed by atoms with E-state index in [1.54, 1.807) is 23.1 Å². The Hall–Kier alpha value is -1.16. The summed E-state index contributed by atoms with van der Waals surface area (Å²) in [5, 5.41) is 12.8. The Kier molecular flexibility index (Phi) is 5.49. The van der Waals surface area contributed by atoms with Crippen LogP contribution in [0.25, 0.3) is 11.3 Å². The molecule has 4 rings (SSSR count). The molecule has 0 saturated carbocycles. The third-order valence-corrected chi connectivity index (χ3v) is 6.88. The quantitative estimate of drug-likeness (QED) is 0.423. The van der Waals surface area contributed by atoms with E-state index in [-0.39, 0.29) is 6.23 Å². The van der Waals surface area contributed by atoms with Crippen molar-refractivity contribution in [3.63, 3.8) is 0 Å². The minimum absolute atomic E-state index is 0.340. The number of benzene rings is 1. The lowest BCUT2D eigenvalue weighted by molar-refractivity contribution is 0.229. The van der Waals surface area contributed by atoms with Crippen LogP contribution in [0.1, 0.15) is 24.4 Å². The number of ether oxygens (including phenoxy) is 1. The zero-order valence-corrected chi connectivity index (χ0v) is 18.5. The average molecular weight is 514 g/mol. The van der Waals surface area contributed by atoms with Crippen molar-refractivity contribution in [2.24, 2.45) is 0 Å². The van der Waals surface area contributed by atoms with Crippen molar-refractivity contribution in [1.82, 2.24) is 15.2 Å². The molecular formula is C17H14Br2N4OS2. The molecule has 0 aliphatic carbocycles. The number of anilines is 1. The molecule has 1 N–H and O–H groups in total. The summed E-state index contributed by atoms with van der Waals surface area (Å²) in [4.78, 5) is 5.68. The van der Waals surface area contributed by atoms with Crippen LogP contribution < -0.4 is 10.1 Å². The van der Waals surface area contributed by atoms with Gasteiger partial charge in [-0.25, -0.2) is 0 Å². The Morgan fingerprint density at radius 2 is 2.12 bits per heavy atom. The summed E-state index contributed by atoms with van der Waals surface area (Å²) in [6.45, 7) is 2.13. The lowest BCUT2D eigenvalue weighted by Gasteiger charge is -2.17. The van der Waals surface area contributed by atoms with Gasteiger partial charge in [-0.05, 0) is 52.7 Å². The zero-order chi connectivity index (χ0) is 18.1. The van der Waals surface area contributed by atoms with Crippen LogP contribution in [0.3, 0.4) is 0 Å². The van der Waals surface area contributed by atoms with E-state index in [1.165, 1.54) is 0 Å². The standard InChI is InChI=1S/C17H14Br2N4OS2/c1-2-7-25-17-21-16-14(22-23-17)10-8-9(18)3-4-11(10)20-15(24-16)12-5-6-13(19)26-12/h3-6,8,15,20H,2,7H2,1H3. The van der Waals surface area contributed by atoms with E-state index in [0.29, 0.717) is 16.7 Å². The number of thioether (sulfide) groups is 1. The summed E-state index contributed by atoms with van der Waals surface area (Å²) in [5.74, 6) is 1.44. The molecule has 0 bridgehead atoms. The van der Waals surface area contributed by atoms with Crippen LogP contribution in [0.15, 0.2) is 43.7 Å². The number of rotatable bonds is 4. The van der Waals surface area contributed by atoms with Gasteiger partial charge in [-0.1, -0.05) is 34.6 Å². The zero-order valence-electron chi connectivity index (χ0n) is 13.7. The summed E-state index contributed by atoms with van der Waals surface area (Å²) in [6.07, 6.45) is 0.711. The molecule has 0 radical (unpaired) electrons. The predicted octanol–water partition coefficient (Wildman–Crippen LogP) is 6.13. The lowest BCUT2D eigenvalue weighted by atomic mass is 10.1. The highest BCUT2D eigenvalue weighted by Crippen LogP contribution is 2.42. The topological polar surface area (TPSA) is 59.9 Å². The summed E-state index contributed by atoms with van der Waals surface area (Å²) >= 11 is 10.3. The molecular weight excluding hydrogens is 500 g/mol. The molecule has 1 unspecified atom stereocenters. The van der Waals surface area contributed by atoms with Gasteiger partial charge in [0.2, 0.25) is 17.3 Å². The van der Waals surface area contributed by atoms with Gasteiger partial charge in [0.25, 0.3) is 0 Å². The number of hydrogen-bond acceptors (Lipinski definition) is 7. The van der Waals surface area contributed by atoms with E-state index in [1.807, 2.05) is 30.3 Å². The fourth-order valence-corrected chi connectivity index (χ4v) is 4.92. The fraction of sp³-hybridized carbons (Fsp3) is 0.235. The molecule has 5 nitrogen and oxygen atoms in total. The highest BCUT2D eigenvalue weighted by molar-refractivity contribution is 9.11. The summed E-state index contributed by atoms with van der Waals surface area (Å²) in [5.41, 5.74) is 2.50. The second kappa shape index (κ2) is 7.84.